The van der Waals surface area contributed by atoms with Crippen molar-refractivity contribution in [3.8, 4) is 0 Å². The summed E-state index contributed by atoms with van der Waals surface area (Å²) >= 11 is 0. The molecule has 1 N–H and O–H groups in total. The fourth-order valence-electron chi connectivity index (χ4n) is 2.34. The van der Waals surface area contributed by atoms with E-state index in [0.29, 0.717) is 19.1 Å². The number of rotatable bonds is 3. The summed E-state index contributed by atoms with van der Waals surface area (Å²) in [6.45, 7) is 9.39. The Morgan fingerprint density at radius 3 is 2.61 bits per heavy atom. The molecule has 0 aliphatic carbocycles. The van der Waals surface area contributed by atoms with E-state index in [1.807, 2.05) is 18.7 Å². The first kappa shape index (κ1) is 14.8. The van der Waals surface area contributed by atoms with Gasteiger partial charge in [-0.15, -0.1) is 0 Å². The maximum atomic E-state index is 12.0. The standard InChI is InChI=1S/C13H24N2O3/c1-5-18-13(17)14-11-6-10(4)7-15(8-11)12(16)9(2)3/h9-11H,5-8H2,1-4H3,(H,14,17). The lowest BCUT2D eigenvalue weighted by Gasteiger charge is -2.37. The SMILES string of the molecule is CCOC(=O)NC1CC(C)CN(C(=O)C(C)C)C1. The third-order valence-corrected chi connectivity index (χ3v) is 3.06. The average molecular weight is 256 g/mol. The van der Waals surface area contributed by atoms with Gasteiger partial charge >= 0.3 is 6.09 Å². The Hall–Kier alpha value is -1.26. The van der Waals surface area contributed by atoms with Crippen molar-refractivity contribution in [2.24, 2.45) is 11.8 Å². The van der Waals surface area contributed by atoms with Crippen molar-refractivity contribution in [1.82, 2.24) is 10.2 Å². The molecule has 2 unspecified atom stereocenters. The van der Waals surface area contributed by atoms with Crippen LogP contribution in [0.2, 0.25) is 0 Å². The fourth-order valence-corrected chi connectivity index (χ4v) is 2.34. The summed E-state index contributed by atoms with van der Waals surface area (Å²) in [6.07, 6.45) is 0.495. The molecule has 0 radical (unpaired) electrons. The maximum absolute atomic E-state index is 12.0. The van der Waals surface area contributed by atoms with Crippen molar-refractivity contribution in [3.05, 3.63) is 0 Å². The predicted molar refractivity (Wildman–Crippen MR) is 69.1 cm³/mol. The van der Waals surface area contributed by atoms with E-state index in [2.05, 4.69) is 12.2 Å². The quantitative estimate of drug-likeness (QED) is 0.835. The Kier molecular flexibility index (Phi) is 5.44. The highest BCUT2D eigenvalue weighted by molar-refractivity contribution is 5.78. The van der Waals surface area contributed by atoms with Crippen LogP contribution in [0.15, 0.2) is 0 Å². The van der Waals surface area contributed by atoms with E-state index in [4.69, 9.17) is 4.74 Å². The Morgan fingerprint density at radius 2 is 2.06 bits per heavy atom. The number of carbonyl (C=O) groups is 2. The Bertz CT molecular complexity index is 305. The summed E-state index contributed by atoms with van der Waals surface area (Å²) in [7, 11) is 0. The number of hydrogen-bond acceptors (Lipinski definition) is 3. The summed E-state index contributed by atoms with van der Waals surface area (Å²) in [4.78, 5) is 25.2. The van der Waals surface area contributed by atoms with Crippen LogP contribution in [0, 0.1) is 11.8 Å². The molecule has 0 spiro atoms. The van der Waals surface area contributed by atoms with Crippen LogP contribution in [0.25, 0.3) is 0 Å². The number of nitrogens with one attached hydrogen (secondary N) is 1. The number of ether oxygens (including phenoxy) is 1. The summed E-state index contributed by atoms with van der Waals surface area (Å²) in [5.74, 6) is 0.545. The van der Waals surface area contributed by atoms with Crippen LogP contribution in [0.4, 0.5) is 4.79 Å². The van der Waals surface area contributed by atoms with Gasteiger partial charge in [-0.1, -0.05) is 20.8 Å². The second-order valence-corrected chi connectivity index (χ2v) is 5.30. The van der Waals surface area contributed by atoms with E-state index in [0.717, 1.165) is 13.0 Å². The van der Waals surface area contributed by atoms with E-state index in [1.165, 1.54) is 0 Å². The van der Waals surface area contributed by atoms with Gasteiger partial charge in [-0.05, 0) is 19.3 Å². The molecule has 5 heteroatoms. The van der Waals surface area contributed by atoms with Crippen LogP contribution in [-0.4, -0.2) is 42.6 Å². The first-order valence-electron chi connectivity index (χ1n) is 6.66. The largest absolute Gasteiger partial charge is 0.450 e. The molecule has 1 fully saturated rings. The predicted octanol–water partition coefficient (Wildman–Crippen LogP) is 1.63. The van der Waals surface area contributed by atoms with Crippen LogP contribution in [0.5, 0.6) is 0 Å². The third kappa shape index (κ3) is 4.20. The number of likely N-dealkylation sites (tertiary alicyclic amines) is 1. The third-order valence-electron chi connectivity index (χ3n) is 3.06. The number of carbonyl (C=O) groups excluding carboxylic acids is 2. The van der Waals surface area contributed by atoms with Gasteiger partial charge in [-0.3, -0.25) is 4.79 Å². The normalized spacial score (nSPS) is 23.9. The van der Waals surface area contributed by atoms with Crippen molar-refractivity contribution in [3.63, 3.8) is 0 Å². The topological polar surface area (TPSA) is 58.6 Å². The van der Waals surface area contributed by atoms with Crippen LogP contribution >= 0.6 is 0 Å². The maximum Gasteiger partial charge on any atom is 0.407 e. The second-order valence-electron chi connectivity index (χ2n) is 5.30. The molecule has 0 aromatic heterocycles. The van der Waals surface area contributed by atoms with Gasteiger partial charge in [0.2, 0.25) is 5.91 Å². The van der Waals surface area contributed by atoms with Gasteiger partial charge in [0.1, 0.15) is 0 Å². The smallest absolute Gasteiger partial charge is 0.407 e. The molecule has 1 aliphatic heterocycles. The number of piperidine rings is 1. The van der Waals surface area contributed by atoms with E-state index in [-0.39, 0.29) is 17.9 Å². The minimum Gasteiger partial charge on any atom is -0.450 e. The number of alkyl carbamates (subject to hydrolysis) is 1. The molecule has 18 heavy (non-hydrogen) atoms. The zero-order valence-corrected chi connectivity index (χ0v) is 11.7. The number of amides is 2. The van der Waals surface area contributed by atoms with Crippen molar-refractivity contribution in [1.29, 1.82) is 0 Å². The first-order chi connectivity index (χ1) is 8.43. The van der Waals surface area contributed by atoms with Crippen molar-refractivity contribution >= 4 is 12.0 Å². The van der Waals surface area contributed by atoms with Gasteiger partial charge in [0, 0.05) is 19.0 Å². The Morgan fingerprint density at radius 1 is 1.39 bits per heavy atom. The van der Waals surface area contributed by atoms with Crippen molar-refractivity contribution in [2.75, 3.05) is 19.7 Å². The molecule has 0 aromatic rings. The number of nitrogens with zero attached hydrogens (tertiary/aromatic N) is 1. The molecular formula is C13H24N2O3. The van der Waals surface area contributed by atoms with Gasteiger partial charge in [0.25, 0.3) is 0 Å². The van der Waals surface area contributed by atoms with Gasteiger partial charge in [0.05, 0.1) is 12.6 Å². The highest BCUT2D eigenvalue weighted by Crippen LogP contribution is 2.18. The van der Waals surface area contributed by atoms with Crippen LogP contribution in [-0.2, 0) is 9.53 Å². The lowest BCUT2D eigenvalue weighted by Crippen LogP contribution is -2.53. The molecule has 2 amide bonds. The molecule has 1 aliphatic rings. The second kappa shape index (κ2) is 6.61. The molecular weight excluding hydrogens is 232 g/mol. The van der Waals surface area contributed by atoms with Crippen LogP contribution < -0.4 is 5.32 Å². The lowest BCUT2D eigenvalue weighted by atomic mass is 9.95. The molecule has 1 rings (SSSR count). The molecule has 104 valence electrons. The Balaban J connectivity index is 2.55. The Labute approximate surface area is 109 Å². The molecule has 0 bridgehead atoms. The highest BCUT2D eigenvalue weighted by Gasteiger charge is 2.29. The number of hydrogen-bond donors (Lipinski definition) is 1. The zero-order chi connectivity index (χ0) is 13.7. The fraction of sp³-hybridized carbons (Fsp3) is 0.846. The molecule has 0 aromatic carbocycles. The van der Waals surface area contributed by atoms with E-state index in [1.54, 1.807) is 6.92 Å². The summed E-state index contributed by atoms with van der Waals surface area (Å²) in [5.41, 5.74) is 0. The van der Waals surface area contributed by atoms with Gasteiger partial charge < -0.3 is 15.0 Å². The monoisotopic (exact) mass is 256 g/mol. The summed E-state index contributed by atoms with van der Waals surface area (Å²) in [5, 5.41) is 2.82. The van der Waals surface area contributed by atoms with Crippen molar-refractivity contribution < 1.29 is 14.3 Å². The van der Waals surface area contributed by atoms with E-state index < -0.39 is 6.09 Å². The molecule has 2 atom stereocenters. The molecule has 1 heterocycles. The minimum absolute atomic E-state index is 0.00135. The van der Waals surface area contributed by atoms with Gasteiger partial charge in [-0.25, -0.2) is 4.79 Å². The molecule has 1 saturated heterocycles. The average Bonchev–Trinajstić information content (AvgIpc) is 2.27. The van der Waals surface area contributed by atoms with Crippen LogP contribution in [0.1, 0.15) is 34.1 Å². The van der Waals surface area contributed by atoms with E-state index in [9.17, 15) is 9.59 Å². The van der Waals surface area contributed by atoms with E-state index >= 15 is 0 Å². The summed E-state index contributed by atoms with van der Waals surface area (Å²) < 4.78 is 4.87. The highest BCUT2D eigenvalue weighted by atomic mass is 16.5. The lowest BCUT2D eigenvalue weighted by molar-refractivity contribution is -0.136. The van der Waals surface area contributed by atoms with Gasteiger partial charge in [-0.2, -0.15) is 0 Å². The first-order valence-corrected chi connectivity index (χ1v) is 6.66. The zero-order valence-electron chi connectivity index (χ0n) is 11.7. The summed E-state index contributed by atoms with van der Waals surface area (Å²) in [6, 6.07) is -0.00417. The van der Waals surface area contributed by atoms with Crippen LogP contribution in [0.3, 0.4) is 0 Å². The molecule has 5 nitrogen and oxygen atoms in total. The van der Waals surface area contributed by atoms with Gasteiger partial charge in [0.15, 0.2) is 0 Å². The minimum atomic E-state index is -0.395. The van der Waals surface area contributed by atoms with Crippen molar-refractivity contribution in [2.45, 2.75) is 40.2 Å². The molecule has 0 saturated carbocycles.